The molecule has 0 atom stereocenters. The molecule has 31 heavy (non-hydrogen) atoms. The number of carbonyl (C=O) groups excluding carboxylic acids is 2. The molecule has 0 unspecified atom stereocenters. The van der Waals surface area contributed by atoms with E-state index in [0.29, 0.717) is 11.4 Å². The third kappa shape index (κ3) is 5.09. The lowest BCUT2D eigenvalue weighted by Crippen LogP contribution is -2.22. The van der Waals surface area contributed by atoms with Crippen LogP contribution in [0.1, 0.15) is 36.8 Å². The maximum atomic E-state index is 13.2. The zero-order valence-corrected chi connectivity index (χ0v) is 17.6. The molecule has 0 spiro atoms. The topological polar surface area (TPSA) is 76.0 Å². The molecular formula is C25H26N4O2. The van der Waals surface area contributed by atoms with Crippen molar-refractivity contribution in [2.24, 2.45) is 0 Å². The van der Waals surface area contributed by atoms with Gasteiger partial charge in [-0.2, -0.15) is 5.10 Å². The number of aryl methyl sites for hydroxylation is 1. The Kier molecular flexibility index (Phi) is 6.26. The summed E-state index contributed by atoms with van der Waals surface area (Å²) in [6.07, 6.45) is 7.09. The minimum atomic E-state index is -0.206. The van der Waals surface area contributed by atoms with Crippen molar-refractivity contribution >= 4 is 28.8 Å². The molecule has 158 valence electrons. The SMILES string of the molecule is Cc1ccc(C2=C(C(=O)Nc3ccccc3NC(=O)Cn3cccn3)CCCC2)cc1. The smallest absolute Gasteiger partial charge is 0.251 e. The predicted octanol–water partition coefficient (Wildman–Crippen LogP) is 4.80. The highest BCUT2D eigenvalue weighted by Gasteiger charge is 2.21. The summed E-state index contributed by atoms with van der Waals surface area (Å²) in [6.45, 7) is 2.17. The van der Waals surface area contributed by atoms with E-state index < -0.39 is 0 Å². The number of nitrogens with zero attached hydrogens (tertiary/aromatic N) is 2. The van der Waals surface area contributed by atoms with Crippen LogP contribution in [0.4, 0.5) is 11.4 Å². The largest absolute Gasteiger partial charge is 0.323 e. The molecule has 0 bridgehead atoms. The third-order valence-electron chi connectivity index (χ3n) is 5.46. The Hall–Kier alpha value is -3.67. The van der Waals surface area contributed by atoms with E-state index in [9.17, 15) is 9.59 Å². The van der Waals surface area contributed by atoms with E-state index in [1.54, 1.807) is 35.3 Å². The summed E-state index contributed by atoms with van der Waals surface area (Å²) in [5.41, 5.74) is 5.41. The molecule has 1 aliphatic rings. The summed E-state index contributed by atoms with van der Waals surface area (Å²) in [4.78, 5) is 25.6. The van der Waals surface area contributed by atoms with Crippen molar-refractivity contribution in [1.29, 1.82) is 0 Å². The fourth-order valence-electron chi connectivity index (χ4n) is 3.86. The Morgan fingerprint density at radius 2 is 1.65 bits per heavy atom. The van der Waals surface area contributed by atoms with Crippen molar-refractivity contribution in [3.05, 3.63) is 83.7 Å². The van der Waals surface area contributed by atoms with Crippen LogP contribution in [0, 0.1) is 6.92 Å². The minimum Gasteiger partial charge on any atom is -0.323 e. The van der Waals surface area contributed by atoms with Gasteiger partial charge in [0.25, 0.3) is 5.91 Å². The van der Waals surface area contributed by atoms with Gasteiger partial charge in [0.15, 0.2) is 0 Å². The maximum absolute atomic E-state index is 13.2. The monoisotopic (exact) mass is 414 g/mol. The van der Waals surface area contributed by atoms with Crippen LogP contribution < -0.4 is 10.6 Å². The third-order valence-corrected chi connectivity index (χ3v) is 5.46. The second-order valence-corrected chi connectivity index (χ2v) is 7.78. The lowest BCUT2D eigenvalue weighted by molar-refractivity contribution is -0.117. The van der Waals surface area contributed by atoms with Crippen LogP contribution >= 0.6 is 0 Å². The van der Waals surface area contributed by atoms with E-state index in [2.05, 4.69) is 46.9 Å². The molecule has 4 rings (SSSR count). The molecule has 0 aliphatic heterocycles. The van der Waals surface area contributed by atoms with Crippen molar-refractivity contribution < 1.29 is 9.59 Å². The predicted molar refractivity (Wildman–Crippen MR) is 122 cm³/mol. The highest BCUT2D eigenvalue weighted by Crippen LogP contribution is 2.33. The first-order chi connectivity index (χ1) is 15.1. The summed E-state index contributed by atoms with van der Waals surface area (Å²) < 4.78 is 1.55. The van der Waals surface area contributed by atoms with Crippen molar-refractivity contribution in [1.82, 2.24) is 9.78 Å². The van der Waals surface area contributed by atoms with Gasteiger partial charge in [0.05, 0.1) is 11.4 Å². The molecule has 1 aliphatic carbocycles. The Labute approximate surface area is 182 Å². The molecule has 6 nitrogen and oxygen atoms in total. The van der Waals surface area contributed by atoms with Gasteiger partial charge >= 0.3 is 0 Å². The highest BCUT2D eigenvalue weighted by molar-refractivity contribution is 6.11. The van der Waals surface area contributed by atoms with Gasteiger partial charge in [-0.3, -0.25) is 14.3 Å². The summed E-state index contributed by atoms with van der Waals surface area (Å²) in [5, 5.41) is 9.95. The Morgan fingerprint density at radius 1 is 0.935 bits per heavy atom. The standard InChI is InChI=1S/C25H26N4O2/c1-18-11-13-19(14-12-18)20-7-2-3-8-21(20)25(31)28-23-10-5-4-9-22(23)27-24(30)17-29-16-6-15-26-29/h4-6,9-16H,2-3,7-8,17H2,1H3,(H,27,30)(H,28,31). The summed E-state index contributed by atoms with van der Waals surface area (Å²) in [5.74, 6) is -0.313. The van der Waals surface area contributed by atoms with E-state index in [1.165, 1.54) is 5.56 Å². The van der Waals surface area contributed by atoms with Gasteiger partial charge in [0, 0.05) is 18.0 Å². The van der Waals surface area contributed by atoms with Gasteiger partial charge in [0.2, 0.25) is 5.91 Å². The fraction of sp³-hybridized carbons (Fsp3) is 0.240. The van der Waals surface area contributed by atoms with Gasteiger partial charge in [-0.05, 0) is 61.9 Å². The van der Waals surface area contributed by atoms with Crippen LogP contribution in [0.25, 0.3) is 5.57 Å². The lowest BCUT2D eigenvalue weighted by atomic mass is 9.86. The fourth-order valence-corrected chi connectivity index (χ4v) is 3.86. The van der Waals surface area contributed by atoms with Crippen molar-refractivity contribution in [3.63, 3.8) is 0 Å². The van der Waals surface area contributed by atoms with E-state index in [1.807, 2.05) is 12.1 Å². The van der Waals surface area contributed by atoms with Crippen molar-refractivity contribution in [2.75, 3.05) is 10.6 Å². The molecule has 0 fully saturated rings. The molecule has 6 heteroatoms. The van der Waals surface area contributed by atoms with E-state index >= 15 is 0 Å². The van der Waals surface area contributed by atoms with Crippen molar-refractivity contribution in [2.45, 2.75) is 39.2 Å². The van der Waals surface area contributed by atoms with E-state index in [-0.39, 0.29) is 18.4 Å². The quantitative estimate of drug-likeness (QED) is 0.608. The van der Waals surface area contributed by atoms with E-state index in [0.717, 1.165) is 42.4 Å². The average molecular weight is 415 g/mol. The van der Waals surface area contributed by atoms with Gasteiger partial charge in [-0.1, -0.05) is 42.0 Å². The molecule has 2 aromatic carbocycles. The first-order valence-corrected chi connectivity index (χ1v) is 10.6. The molecule has 0 radical (unpaired) electrons. The van der Waals surface area contributed by atoms with Gasteiger partial charge in [-0.25, -0.2) is 0 Å². The summed E-state index contributed by atoms with van der Waals surface area (Å²) in [6, 6.07) is 17.4. The molecule has 2 amide bonds. The number of allylic oxidation sites excluding steroid dienone is 1. The number of amides is 2. The van der Waals surface area contributed by atoms with Crippen LogP contribution in [0.2, 0.25) is 0 Å². The Balaban J connectivity index is 1.53. The molecule has 3 aromatic rings. The Morgan fingerprint density at radius 3 is 2.35 bits per heavy atom. The maximum Gasteiger partial charge on any atom is 0.251 e. The number of para-hydroxylation sites is 2. The van der Waals surface area contributed by atoms with Gasteiger partial charge in [-0.15, -0.1) is 0 Å². The number of rotatable bonds is 6. The highest BCUT2D eigenvalue weighted by atomic mass is 16.2. The van der Waals surface area contributed by atoms with Crippen LogP contribution in [0.15, 0.2) is 72.6 Å². The zero-order valence-electron chi connectivity index (χ0n) is 17.6. The molecule has 1 heterocycles. The number of aromatic nitrogens is 2. The number of anilines is 2. The summed E-state index contributed by atoms with van der Waals surface area (Å²) in [7, 11) is 0. The normalized spacial score (nSPS) is 13.7. The van der Waals surface area contributed by atoms with Crippen molar-refractivity contribution in [3.8, 4) is 0 Å². The first kappa shape index (κ1) is 20.6. The molecule has 2 N–H and O–H groups in total. The van der Waals surface area contributed by atoms with Gasteiger partial charge in [0.1, 0.15) is 6.54 Å². The number of hydrogen-bond acceptors (Lipinski definition) is 3. The minimum absolute atomic E-state index is 0.107. The van der Waals surface area contributed by atoms with Gasteiger partial charge < -0.3 is 10.6 Å². The lowest BCUT2D eigenvalue weighted by Gasteiger charge is -2.21. The number of benzene rings is 2. The number of carbonyl (C=O) groups is 2. The second kappa shape index (κ2) is 9.43. The van der Waals surface area contributed by atoms with Crippen LogP contribution in [-0.2, 0) is 16.1 Å². The summed E-state index contributed by atoms with van der Waals surface area (Å²) >= 11 is 0. The molecule has 0 saturated carbocycles. The molecular weight excluding hydrogens is 388 g/mol. The Bertz CT molecular complexity index is 1100. The number of nitrogens with one attached hydrogen (secondary N) is 2. The first-order valence-electron chi connectivity index (χ1n) is 10.6. The van der Waals surface area contributed by atoms with Crippen LogP contribution in [0.5, 0.6) is 0 Å². The van der Waals surface area contributed by atoms with Crippen LogP contribution in [-0.4, -0.2) is 21.6 Å². The zero-order chi connectivity index (χ0) is 21.6. The van der Waals surface area contributed by atoms with Crippen LogP contribution in [0.3, 0.4) is 0 Å². The molecule has 1 aromatic heterocycles. The molecule has 0 saturated heterocycles. The average Bonchev–Trinajstić information content (AvgIpc) is 3.28. The number of hydrogen-bond donors (Lipinski definition) is 2. The second-order valence-electron chi connectivity index (χ2n) is 7.78. The van der Waals surface area contributed by atoms with E-state index in [4.69, 9.17) is 0 Å².